The summed E-state index contributed by atoms with van der Waals surface area (Å²) in [6, 6.07) is 0.692. The van der Waals surface area contributed by atoms with Gasteiger partial charge in [-0.25, -0.2) is 4.98 Å². The summed E-state index contributed by atoms with van der Waals surface area (Å²) in [7, 11) is 1.74. The molecule has 6 heteroatoms. The number of amides is 1. The fraction of sp³-hybridized carbons (Fsp3) is 0.750. The summed E-state index contributed by atoms with van der Waals surface area (Å²) in [5, 5.41) is 0. The predicted octanol–water partition coefficient (Wildman–Crippen LogP) is 1.98. The van der Waals surface area contributed by atoms with Crippen LogP contribution in [-0.2, 0) is 24.9 Å². The molecule has 3 aliphatic rings. The van der Waals surface area contributed by atoms with Gasteiger partial charge in [-0.2, -0.15) is 0 Å². The van der Waals surface area contributed by atoms with Crippen LogP contribution in [0.3, 0.4) is 0 Å². The average molecular weight is 358 g/mol. The van der Waals surface area contributed by atoms with Crippen LogP contribution >= 0.6 is 0 Å². The Morgan fingerprint density at radius 2 is 1.96 bits per heavy atom. The first-order valence-electron chi connectivity index (χ1n) is 10.1. The van der Waals surface area contributed by atoms with Crippen molar-refractivity contribution in [3.63, 3.8) is 0 Å². The van der Waals surface area contributed by atoms with E-state index in [9.17, 15) is 9.59 Å². The minimum atomic E-state index is -0.00655. The molecule has 142 valence electrons. The van der Waals surface area contributed by atoms with E-state index in [0.29, 0.717) is 42.9 Å². The lowest BCUT2D eigenvalue weighted by atomic mass is 9.81. The summed E-state index contributed by atoms with van der Waals surface area (Å²) < 4.78 is 1.58. The molecule has 2 atom stereocenters. The fourth-order valence-corrected chi connectivity index (χ4v) is 5.09. The van der Waals surface area contributed by atoms with Crippen LogP contribution in [0.15, 0.2) is 4.79 Å². The van der Waals surface area contributed by atoms with Crippen molar-refractivity contribution in [2.75, 3.05) is 13.1 Å². The molecule has 0 spiro atoms. The molecule has 1 aromatic heterocycles. The molecule has 0 aromatic carbocycles. The highest BCUT2D eigenvalue weighted by atomic mass is 16.2. The van der Waals surface area contributed by atoms with Gasteiger partial charge in [-0.15, -0.1) is 0 Å². The monoisotopic (exact) mass is 358 g/mol. The molecule has 1 amide bonds. The van der Waals surface area contributed by atoms with Gasteiger partial charge in [-0.3, -0.25) is 14.2 Å². The number of aryl methyl sites for hydroxylation is 1. The van der Waals surface area contributed by atoms with Gasteiger partial charge in [-0.1, -0.05) is 6.42 Å². The summed E-state index contributed by atoms with van der Waals surface area (Å²) in [4.78, 5) is 34.2. The van der Waals surface area contributed by atoms with Gasteiger partial charge >= 0.3 is 0 Å². The lowest BCUT2D eigenvalue weighted by molar-refractivity contribution is -0.132. The molecule has 0 aliphatic carbocycles. The SMILES string of the molecule is Cc1nc2c(c(=O)n1C)CN(C(=O)CC[C@@H]1CCCN3CCCC[C@H]13)C2. The van der Waals surface area contributed by atoms with Crippen LogP contribution in [0.1, 0.15) is 62.0 Å². The van der Waals surface area contributed by atoms with Gasteiger partial charge in [0.05, 0.1) is 24.3 Å². The Labute approximate surface area is 155 Å². The number of piperidine rings is 2. The third-order valence-electron chi connectivity index (χ3n) is 6.69. The smallest absolute Gasteiger partial charge is 0.258 e. The average Bonchev–Trinajstić information content (AvgIpc) is 3.08. The van der Waals surface area contributed by atoms with Crippen molar-refractivity contribution in [1.82, 2.24) is 19.4 Å². The molecule has 0 saturated carbocycles. The van der Waals surface area contributed by atoms with E-state index in [2.05, 4.69) is 9.88 Å². The first-order valence-corrected chi connectivity index (χ1v) is 10.1. The molecule has 0 N–H and O–H groups in total. The summed E-state index contributed by atoms with van der Waals surface area (Å²) in [6.45, 7) is 5.24. The second-order valence-electron chi connectivity index (χ2n) is 8.24. The molecule has 6 nitrogen and oxygen atoms in total. The Morgan fingerprint density at radius 3 is 2.81 bits per heavy atom. The van der Waals surface area contributed by atoms with Gasteiger partial charge in [-0.05, 0) is 58.0 Å². The zero-order chi connectivity index (χ0) is 18.3. The topological polar surface area (TPSA) is 58.4 Å². The van der Waals surface area contributed by atoms with Crippen LogP contribution in [0.4, 0.5) is 0 Å². The van der Waals surface area contributed by atoms with E-state index in [1.807, 2.05) is 11.8 Å². The lowest BCUT2D eigenvalue weighted by Crippen LogP contribution is -2.48. The molecule has 2 saturated heterocycles. The molecule has 1 aromatic rings. The van der Waals surface area contributed by atoms with Crippen molar-refractivity contribution in [3.05, 3.63) is 27.4 Å². The van der Waals surface area contributed by atoms with E-state index in [0.717, 1.165) is 12.1 Å². The van der Waals surface area contributed by atoms with Gasteiger partial charge in [0.2, 0.25) is 5.91 Å². The normalized spacial score (nSPS) is 25.8. The highest BCUT2D eigenvalue weighted by molar-refractivity contribution is 5.76. The first kappa shape index (κ1) is 17.7. The molecule has 0 unspecified atom stereocenters. The largest absolute Gasteiger partial charge is 0.332 e. The number of hydrogen-bond donors (Lipinski definition) is 0. The third-order valence-corrected chi connectivity index (χ3v) is 6.69. The second-order valence-corrected chi connectivity index (χ2v) is 8.24. The third kappa shape index (κ3) is 3.20. The Hall–Kier alpha value is -1.69. The Kier molecular flexibility index (Phi) is 4.86. The maximum Gasteiger partial charge on any atom is 0.258 e. The summed E-state index contributed by atoms with van der Waals surface area (Å²) >= 11 is 0. The van der Waals surface area contributed by atoms with Crippen LogP contribution in [0.25, 0.3) is 0 Å². The van der Waals surface area contributed by atoms with Crippen LogP contribution in [0, 0.1) is 12.8 Å². The van der Waals surface area contributed by atoms with E-state index < -0.39 is 0 Å². The Morgan fingerprint density at radius 1 is 1.15 bits per heavy atom. The van der Waals surface area contributed by atoms with Crippen molar-refractivity contribution >= 4 is 5.91 Å². The van der Waals surface area contributed by atoms with Crippen molar-refractivity contribution in [3.8, 4) is 0 Å². The number of carbonyl (C=O) groups excluding carboxylic acids is 1. The standard InChI is InChI=1S/C20H30N4O2/c1-14-21-17-13-24(12-16(17)20(26)22(14)2)19(25)9-8-15-6-5-11-23-10-4-3-7-18(15)23/h15,18H,3-13H2,1-2H3/t15-,18+/m0/s1. The van der Waals surface area contributed by atoms with Gasteiger partial charge in [0.25, 0.3) is 5.56 Å². The molecule has 4 heterocycles. The van der Waals surface area contributed by atoms with E-state index in [-0.39, 0.29) is 11.5 Å². The molecule has 4 rings (SSSR count). The highest BCUT2D eigenvalue weighted by Gasteiger charge is 2.34. The number of aromatic nitrogens is 2. The number of nitrogens with zero attached hydrogens (tertiary/aromatic N) is 4. The molecule has 0 radical (unpaired) electrons. The van der Waals surface area contributed by atoms with Gasteiger partial charge < -0.3 is 9.80 Å². The van der Waals surface area contributed by atoms with E-state index >= 15 is 0 Å². The molecule has 26 heavy (non-hydrogen) atoms. The molecular formula is C20H30N4O2. The molecule has 0 bridgehead atoms. The first-order chi connectivity index (χ1) is 12.5. The lowest BCUT2D eigenvalue weighted by Gasteiger charge is -2.44. The van der Waals surface area contributed by atoms with Crippen molar-refractivity contribution in [1.29, 1.82) is 0 Å². The summed E-state index contributed by atoms with van der Waals surface area (Å²) in [5.41, 5.74) is 1.48. The number of fused-ring (bicyclic) bond motifs is 2. The van der Waals surface area contributed by atoms with Crippen molar-refractivity contribution in [2.45, 2.75) is 71.0 Å². The van der Waals surface area contributed by atoms with E-state index in [1.54, 1.807) is 11.6 Å². The second kappa shape index (κ2) is 7.14. The number of rotatable bonds is 3. The van der Waals surface area contributed by atoms with Crippen LogP contribution in [-0.4, -0.2) is 44.4 Å². The molecule has 2 fully saturated rings. The van der Waals surface area contributed by atoms with Crippen molar-refractivity contribution in [2.24, 2.45) is 13.0 Å². The van der Waals surface area contributed by atoms with Gasteiger partial charge in [0, 0.05) is 19.5 Å². The zero-order valence-corrected chi connectivity index (χ0v) is 16.0. The van der Waals surface area contributed by atoms with E-state index in [1.165, 1.54) is 45.2 Å². The number of carbonyl (C=O) groups is 1. The van der Waals surface area contributed by atoms with Crippen LogP contribution in [0.5, 0.6) is 0 Å². The Bertz CT molecular complexity index is 755. The van der Waals surface area contributed by atoms with Crippen LogP contribution in [0.2, 0.25) is 0 Å². The minimum absolute atomic E-state index is 0.00655. The predicted molar refractivity (Wildman–Crippen MR) is 99.6 cm³/mol. The van der Waals surface area contributed by atoms with E-state index in [4.69, 9.17) is 0 Å². The summed E-state index contributed by atoms with van der Waals surface area (Å²) in [5.74, 6) is 1.55. The maximum atomic E-state index is 12.8. The van der Waals surface area contributed by atoms with Gasteiger partial charge in [0.1, 0.15) is 5.82 Å². The molecular weight excluding hydrogens is 328 g/mol. The maximum absolute atomic E-state index is 12.8. The zero-order valence-electron chi connectivity index (χ0n) is 16.0. The molecule has 3 aliphatic heterocycles. The number of hydrogen-bond acceptors (Lipinski definition) is 4. The van der Waals surface area contributed by atoms with Gasteiger partial charge in [0.15, 0.2) is 0 Å². The van der Waals surface area contributed by atoms with Crippen LogP contribution < -0.4 is 5.56 Å². The highest BCUT2D eigenvalue weighted by Crippen LogP contribution is 2.33. The summed E-state index contributed by atoms with van der Waals surface area (Å²) in [6.07, 6.45) is 8.07. The minimum Gasteiger partial charge on any atom is -0.332 e. The Balaban J connectivity index is 1.37. The quantitative estimate of drug-likeness (QED) is 0.829. The fourth-order valence-electron chi connectivity index (χ4n) is 5.09. The van der Waals surface area contributed by atoms with Crippen molar-refractivity contribution < 1.29 is 4.79 Å².